The van der Waals surface area contributed by atoms with E-state index in [0.717, 1.165) is 25.4 Å². The number of carbonyl (C=O) groups excluding carboxylic acids is 2. The number of hydrogen-bond acceptors (Lipinski definition) is 4. The molecular weight excluding hydrogens is 308 g/mol. The van der Waals surface area contributed by atoms with E-state index in [1.54, 1.807) is 7.05 Å². The van der Waals surface area contributed by atoms with Crippen LogP contribution in [0.1, 0.15) is 26.2 Å². The lowest BCUT2D eigenvalue weighted by Gasteiger charge is -2.30. The molecule has 2 rings (SSSR count). The Bertz CT molecular complexity index is 443. The molecule has 3 N–H and O–H groups in total. The third-order valence-electron chi connectivity index (χ3n) is 4.61. The number of urea groups is 1. The summed E-state index contributed by atoms with van der Waals surface area (Å²) < 4.78 is 0. The monoisotopic (exact) mass is 338 g/mol. The van der Waals surface area contributed by atoms with E-state index in [2.05, 4.69) is 32.8 Å². The van der Waals surface area contributed by atoms with Crippen LogP contribution in [0.15, 0.2) is 4.99 Å². The minimum absolute atomic E-state index is 0.0983. The molecular formula is C16H30N6O2. The summed E-state index contributed by atoms with van der Waals surface area (Å²) in [5.41, 5.74) is 0. The Labute approximate surface area is 144 Å². The average Bonchev–Trinajstić information content (AvgIpc) is 2.90. The molecule has 8 heteroatoms. The predicted octanol–water partition coefficient (Wildman–Crippen LogP) is -0.175. The smallest absolute Gasteiger partial charge is 0.324 e. The molecule has 0 aromatic heterocycles. The predicted molar refractivity (Wildman–Crippen MR) is 93.9 cm³/mol. The van der Waals surface area contributed by atoms with Gasteiger partial charge >= 0.3 is 6.03 Å². The van der Waals surface area contributed by atoms with Gasteiger partial charge in [-0.25, -0.2) is 4.79 Å². The first-order chi connectivity index (χ1) is 11.6. The highest BCUT2D eigenvalue weighted by Crippen LogP contribution is 2.15. The Morgan fingerprint density at radius 3 is 2.54 bits per heavy atom. The molecule has 0 aromatic rings. The summed E-state index contributed by atoms with van der Waals surface area (Å²) in [4.78, 5) is 30.8. The maximum Gasteiger partial charge on any atom is 0.324 e. The summed E-state index contributed by atoms with van der Waals surface area (Å²) in [5, 5.41) is 8.91. The van der Waals surface area contributed by atoms with Crippen molar-refractivity contribution in [3.63, 3.8) is 0 Å². The van der Waals surface area contributed by atoms with Gasteiger partial charge in [-0.2, -0.15) is 0 Å². The zero-order valence-electron chi connectivity index (χ0n) is 14.8. The van der Waals surface area contributed by atoms with Crippen LogP contribution < -0.4 is 16.0 Å². The number of carbonyl (C=O) groups is 2. The number of imide groups is 1. The molecule has 0 unspecified atom stereocenters. The Hall–Kier alpha value is -1.83. The van der Waals surface area contributed by atoms with E-state index in [1.165, 1.54) is 30.8 Å². The Balaban J connectivity index is 1.55. The normalized spacial score (nSPS) is 20.4. The van der Waals surface area contributed by atoms with Gasteiger partial charge in [-0.3, -0.25) is 14.7 Å². The van der Waals surface area contributed by atoms with Gasteiger partial charge in [-0.1, -0.05) is 6.92 Å². The highest BCUT2D eigenvalue weighted by atomic mass is 16.2. The minimum atomic E-state index is -0.319. The summed E-state index contributed by atoms with van der Waals surface area (Å²) in [6, 6.07) is -0.319. The highest BCUT2D eigenvalue weighted by Gasteiger charge is 2.27. The van der Waals surface area contributed by atoms with E-state index in [1.807, 2.05) is 0 Å². The van der Waals surface area contributed by atoms with Crippen molar-refractivity contribution in [3.8, 4) is 0 Å². The van der Waals surface area contributed by atoms with Crippen molar-refractivity contribution in [2.24, 2.45) is 10.9 Å². The molecule has 2 aliphatic rings. The lowest BCUT2D eigenvalue weighted by Crippen LogP contribution is -2.44. The quantitative estimate of drug-likeness (QED) is 0.259. The Morgan fingerprint density at radius 1 is 1.21 bits per heavy atom. The molecule has 2 heterocycles. The molecule has 0 radical (unpaired) electrons. The largest absolute Gasteiger partial charge is 0.356 e. The first kappa shape index (κ1) is 18.5. The molecule has 3 amide bonds. The van der Waals surface area contributed by atoms with E-state index < -0.39 is 0 Å². The molecule has 2 aliphatic heterocycles. The van der Waals surface area contributed by atoms with Gasteiger partial charge in [0, 0.05) is 26.7 Å². The summed E-state index contributed by atoms with van der Waals surface area (Å²) in [6.45, 7) is 7.64. The molecule has 0 aromatic carbocycles. The number of likely N-dealkylation sites (tertiary alicyclic amines) is 1. The Kier molecular flexibility index (Phi) is 7.30. The molecule has 8 nitrogen and oxygen atoms in total. The molecule has 0 aliphatic carbocycles. The maximum absolute atomic E-state index is 11.5. The summed E-state index contributed by atoms with van der Waals surface area (Å²) in [7, 11) is 1.72. The number of nitrogens with zero attached hydrogens (tertiary/aromatic N) is 3. The second-order valence-corrected chi connectivity index (χ2v) is 6.51. The number of aliphatic imine (C=N–C) groups is 1. The third-order valence-corrected chi connectivity index (χ3v) is 4.61. The molecule has 0 saturated carbocycles. The number of amides is 3. The van der Waals surface area contributed by atoms with Crippen LogP contribution in [0, 0.1) is 5.92 Å². The van der Waals surface area contributed by atoms with Crippen LogP contribution >= 0.6 is 0 Å². The molecule has 2 fully saturated rings. The summed E-state index contributed by atoms with van der Waals surface area (Å²) >= 11 is 0. The number of nitrogens with one attached hydrogen (secondary N) is 3. The van der Waals surface area contributed by atoms with Crippen LogP contribution in [-0.2, 0) is 4.79 Å². The SMILES string of the molecule is CN=C(NCCCN1CCC(C)CC1)NCCN1C(=O)CNC1=O. The first-order valence-corrected chi connectivity index (χ1v) is 8.85. The number of piperidine rings is 1. The van der Waals surface area contributed by atoms with Crippen molar-refractivity contribution in [3.05, 3.63) is 0 Å². The van der Waals surface area contributed by atoms with Gasteiger partial charge in [0.1, 0.15) is 0 Å². The standard InChI is InChI=1S/C16H30N6O2/c1-13-4-9-21(10-5-13)8-3-6-18-15(17-2)19-7-11-22-14(23)12-20-16(22)24/h13H,3-12H2,1-2H3,(H,20,24)(H2,17,18,19). The van der Waals surface area contributed by atoms with Crippen molar-refractivity contribution < 1.29 is 9.59 Å². The van der Waals surface area contributed by atoms with Gasteiger partial charge in [0.25, 0.3) is 0 Å². The van der Waals surface area contributed by atoms with Crippen molar-refractivity contribution in [1.29, 1.82) is 0 Å². The second kappa shape index (κ2) is 9.46. The fourth-order valence-electron chi connectivity index (χ4n) is 2.98. The van der Waals surface area contributed by atoms with Crippen LogP contribution in [0.4, 0.5) is 4.79 Å². The van der Waals surface area contributed by atoms with Gasteiger partial charge in [-0.05, 0) is 44.8 Å². The fourth-order valence-corrected chi connectivity index (χ4v) is 2.98. The van der Waals surface area contributed by atoms with Gasteiger partial charge < -0.3 is 20.9 Å². The van der Waals surface area contributed by atoms with Crippen LogP contribution in [0.5, 0.6) is 0 Å². The molecule has 24 heavy (non-hydrogen) atoms. The van der Waals surface area contributed by atoms with Crippen LogP contribution in [0.3, 0.4) is 0 Å². The molecule has 0 spiro atoms. The molecule has 136 valence electrons. The van der Waals surface area contributed by atoms with Crippen molar-refractivity contribution in [2.75, 3.05) is 52.9 Å². The lowest BCUT2D eigenvalue weighted by atomic mass is 9.99. The van der Waals surface area contributed by atoms with Crippen molar-refractivity contribution >= 4 is 17.9 Å². The lowest BCUT2D eigenvalue weighted by molar-refractivity contribution is -0.124. The van der Waals surface area contributed by atoms with Crippen molar-refractivity contribution in [2.45, 2.75) is 26.2 Å². The molecule has 0 atom stereocenters. The summed E-state index contributed by atoms with van der Waals surface area (Å²) in [5.74, 6) is 1.39. The van der Waals surface area contributed by atoms with Gasteiger partial charge in [0.05, 0.1) is 6.54 Å². The van der Waals surface area contributed by atoms with Gasteiger partial charge in [0.15, 0.2) is 5.96 Å². The zero-order chi connectivity index (χ0) is 17.4. The number of hydrogen-bond donors (Lipinski definition) is 3. The maximum atomic E-state index is 11.5. The third kappa shape index (κ3) is 5.67. The summed E-state index contributed by atoms with van der Waals surface area (Å²) in [6.07, 6.45) is 3.68. The Morgan fingerprint density at radius 2 is 1.92 bits per heavy atom. The van der Waals surface area contributed by atoms with E-state index in [4.69, 9.17) is 0 Å². The second-order valence-electron chi connectivity index (χ2n) is 6.51. The first-order valence-electron chi connectivity index (χ1n) is 8.85. The molecule has 0 bridgehead atoms. The van der Waals surface area contributed by atoms with E-state index in [-0.39, 0.29) is 18.5 Å². The number of rotatable bonds is 7. The average molecular weight is 338 g/mol. The van der Waals surface area contributed by atoms with E-state index >= 15 is 0 Å². The minimum Gasteiger partial charge on any atom is -0.356 e. The topological polar surface area (TPSA) is 89.1 Å². The van der Waals surface area contributed by atoms with E-state index in [0.29, 0.717) is 19.0 Å². The van der Waals surface area contributed by atoms with Crippen molar-refractivity contribution in [1.82, 2.24) is 25.8 Å². The molecule has 2 saturated heterocycles. The fraction of sp³-hybridized carbons (Fsp3) is 0.812. The van der Waals surface area contributed by atoms with Crippen LogP contribution in [-0.4, -0.2) is 80.6 Å². The van der Waals surface area contributed by atoms with Crippen LogP contribution in [0.25, 0.3) is 0 Å². The highest BCUT2D eigenvalue weighted by molar-refractivity contribution is 6.01. The van der Waals surface area contributed by atoms with E-state index in [9.17, 15) is 9.59 Å². The van der Waals surface area contributed by atoms with Crippen LogP contribution in [0.2, 0.25) is 0 Å². The van der Waals surface area contributed by atoms with Gasteiger partial charge in [0.2, 0.25) is 5.91 Å². The van der Waals surface area contributed by atoms with Gasteiger partial charge in [-0.15, -0.1) is 0 Å². The number of guanidine groups is 1. The zero-order valence-corrected chi connectivity index (χ0v) is 14.8.